The summed E-state index contributed by atoms with van der Waals surface area (Å²) in [5, 5.41) is 0. The largest absolute Gasteiger partial charge is 0.301 e. The second kappa shape index (κ2) is 52.0. The van der Waals surface area contributed by atoms with Crippen molar-refractivity contribution < 1.29 is 39.5 Å². The van der Waals surface area contributed by atoms with Gasteiger partial charge in [0.2, 0.25) is 0 Å². The van der Waals surface area contributed by atoms with Gasteiger partial charge in [0.05, 0.1) is 38.3 Å². The van der Waals surface area contributed by atoms with Gasteiger partial charge in [0.1, 0.15) is 5.67 Å². The lowest BCUT2D eigenvalue weighted by Gasteiger charge is -2.51. The summed E-state index contributed by atoms with van der Waals surface area (Å²) in [6.07, 6.45) is 20.2. The number of alkyl halides is 9. The number of nitrogens with zero attached hydrogens (tertiary/aromatic N) is 14. The van der Waals surface area contributed by atoms with Gasteiger partial charge >= 0.3 is 0 Å². The quantitative estimate of drug-likeness (QED) is 0.0699. The molecule has 14 aliphatic heterocycles. The van der Waals surface area contributed by atoms with Gasteiger partial charge in [-0.1, -0.05) is 96.9 Å². The molecule has 130 heavy (non-hydrogen) atoms. The Bertz CT molecular complexity index is 2900. The molecule has 14 heterocycles. The second-order valence-corrected chi connectivity index (χ2v) is 49.5. The van der Waals surface area contributed by atoms with Crippen LogP contribution < -0.4 is 0 Å². The van der Waals surface area contributed by atoms with Crippen molar-refractivity contribution in [2.45, 2.75) is 430 Å². The lowest BCUT2D eigenvalue weighted by molar-refractivity contribution is -0.139. The Morgan fingerprint density at radius 3 is 0.715 bits per heavy atom. The van der Waals surface area contributed by atoms with Gasteiger partial charge in [-0.15, -0.1) is 0 Å². The molecule has 0 amide bonds. The number of hydrogen-bond acceptors (Lipinski definition) is 14. The highest BCUT2D eigenvalue weighted by molar-refractivity contribution is 5.04. The van der Waals surface area contributed by atoms with Gasteiger partial charge in [0, 0.05) is 176 Å². The van der Waals surface area contributed by atoms with Crippen LogP contribution in [0.1, 0.15) is 316 Å². The predicted octanol–water partition coefficient (Wildman–Crippen LogP) is 21.7. The minimum atomic E-state index is -2.56. The van der Waals surface area contributed by atoms with Crippen LogP contribution in [-0.2, 0) is 0 Å². The standard InChI is InChI=1S/2C16H30F2N2.2C15H28F2N2.C15H29FN2.2C15H30N2/c2*1-12(2)9-14-5-7-19(10-14)15-6-8-20(13(3)4)11-16(15,17)18;2*1-11(2)7-13-5-6-18(10-15(13,16)17)14-8-19(9-14)12(3)4;1-12(2)9-15(16)10-18(11-15)14-5-7-17(8-6-14)13(3)4;2*1-12(2)9-14-5-7-16(8-6-14)15-10-17(11-15)13(3)4/h2*12-15H,5-11H2,1-4H3;2*11-14H,5-10H2,1-4H3;12-14H,5-11H2,1-4H3;2*12-15H,5-11H2,1-4H3. The zero-order valence-electron chi connectivity index (χ0n) is 89.0. The Kier molecular flexibility index (Phi) is 45.6. The van der Waals surface area contributed by atoms with E-state index in [1.807, 2.05) is 75.0 Å². The van der Waals surface area contributed by atoms with E-state index in [9.17, 15) is 39.5 Å². The van der Waals surface area contributed by atoms with Gasteiger partial charge in [-0.05, 0) is 349 Å². The van der Waals surface area contributed by atoms with E-state index in [1.54, 1.807) is 0 Å². The third kappa shape index (κ3) is 35.5. The number of rotatable bonds is 28. The fraction of sp³-hybridized carbons (Fsp3) is 1.00. The van der Waals surface area contributed by atoms with Crippen molar-refractivity contribution in [3.05, 3.63) is 0 Å². The first kappa shape index (κ1) is 114. The van der Waals surface area contributed by atoms with Crippen LogP contribution in [0.5, 0.6) is 0 Å². The second-order valence-electron chi connectivity index (χ2n) is 49.5. The average Bonchev–Trinajstić information content (AvgIpc) is 0.899. The fourth-order valence-corrected chi connectivity index (χ4v) is 24.6. The van der Waals surface area contributed by atoms with Crippen molar-refractivity contribution in [2.75, 3.05) is 183 Å². The summed E-state index contributed by atoms with van der Waals surface area (Å²) >= 11 is 0. The van der Waals surface area contributed by atoms with Crippen LogP contribution in [-0.4, -0.2) is 366 Å². The Morgan fingerprint density at radius 1 is 0.200 bits per heavy atom. The first-order valence-electron chi connectivity index (χ1n) is 54.3. The van der Waals surface area contributed by atoms with Crippen molar-refractivity contribution >= 4 is 0 Å². The van der Waals surface area contributed by atoms with E-state index in [0.717, 1.165) is 146 Å². The molecule has 6 atom stereocenters. The van der Waals surface area contributed by atoms with E-state index in [-0.39, 0.29) is 38.3 Å². The van der Waals surface area contributed by atoms with E-state index < -0.39 is 53.3 Å². The molecule has 14 fully saturated rings. The topological polar surface area (TPSA) is 45.4 Å². The molecule has 766 valence electrons. The highest BCUT2D eigenvalue weighted by Crippen LogP contribution is 2.44. The third-order valence-electron chi connectivity index (χ3n) is 32.8. The van der Waals surface area contributed by atoms with Crippen molar-refractivity contribution in [3.63, 3.8) is 0 Å². The lowest BCUT2D eigenvalue weighted by Crippen LogP contribution is -2.64. The van der Waals surface area contributed by atoms with Crippen molar-refractivity contribution in [3.8, 4) is 0 Å². The molecule has 0 bridgehead atoms. The van der Waals surface area contributed by atoms with Crippen LogP contribution in [0.3, 0.4) is 0 Å². The summed E-state index contributed by atoms with van der Waals surface area (Å²) in [6, 6.07) is 5.67. The maximum absolute atomic E-state index is 14.4. The molecule has 0 N–H and O–H groups in total. The van der Waals surface area contributed by atoms with E-state index in [1.165, 1.54) is 130 Å². The fourth-order valence-electron chi connectivity index (χ4n) is 24.6. The first-order valence-corrected chi connectivity index (χ1v) is 54.3. The monoisotopic (exact) mass is 1860 g/mol. The summed E-state index contributed by atoms with van der Waals surface area (Å²) in [5.74, 6) is -3.39. The molecule has 14 saturated heterocycles. The van der Waals surface area contributed by atoms with Crippen molar-refractivity contribution in [1.29, 1.82) is 0 Å². The molecule has 0 aromatic rings. The molecule has 14 rings (SSSR count). The number of hydrogen-bond donors (Lipinski definition) is 0. The van der Waals surface area contributed by atoms with Gasteiger partial charge in [-0.2, -0.15) is 0 Å². The van der Waals surface area contributed by atoms with E-state index in [0.29, 0.717) is 129 Å². The van der Waals surface area contributed by atoms with E-state index >= 15 is 0 Å². The smallest absolute Gasteiger partial charge is 0.275 e. The van der Waals surface area contributed by atoms with Crippen LogP contribution in [0.25, 0.3) is 0 Å². The summed E-state index contributed by atoms with van der Waals surface area (Å²) in [4.78, 5) is 32.3. The molecule has 0 aromatic carbocycles. The van der Waals surface area contributed by atoms with Crippen LogP contribution in [0.2, 0.25) is 0 Å². The molecule has 0 aliphatic carbocycles. The van der Waals surface area contributed by atoms with E-state index in [4.69, 9.17) is 0 Å². The molecule has 14 nitrogen and oxygen atoms in total. The molecule has 0 radical (unpaired) electrons. The Hall–Kier alpha value is -1.19. The third-order valence-corrected chi connectivity index (χ3v) is 32.8. The molecule has 14 aliphatic rings. The minimum Gasteiger partial charge on any atom is -0.301 e. The van der Waals surface area contributed by atoms with Gasteiger partial charge < -0.3 is 4.90 Å². The molecular formula is C107H205F9N14. The Morgan fingerprint density at radius 2 is 0.454 bits per heavy atom. The van der Waals surface area contributed by atoms with Crippen LogP contribution in [0.4, 0.5) is 39.5 Å². The number of likely N-dealkylation sites (tertiary alicyclic amines) is 14. The van der Waals surface area contributed by atoms with Crippen molar-refractivity contribution in [2.24, 2.45) is 76.9 Å². The average molecular weight is 1860 g/mol. The number of halogens is 9. The highest BCUT2D eigenvalue weighted by atomic mass is 19.3. The van der Waals surface area contributed by atoms with Crippen LogP contribution in [0.15, 0.2) is 0 Å². The number of piperidine rings is 7. The summed E-state index contributed by atoms with van der Waals surface area (Å²) in [5.41, 5.74) is -0.886. The summed E-state index contributed by atoms with van der Waals surface area (Å²) in [6.45, 7) is 86.0. The molecule has 0 saturated carbocycles. The Labute approximate surface area is 794 Å². The zero-order valence-corrected chi connectivity index (χ0v) is 89.0. The highest BCUT2D eigenvalue weighted by Gasteiger charge is 2.54. The molecule has 23 heteroatoms. The maximum atomic E-state index is 14.4. The summed E-state index contributed by atoms with van der Waals surface area (Å²) in [7, 11) is 0. The first-order chi connectivity index (χ1) is 60.7. The van der Waals surface area contributed by atoms with E-state index in [2.05, 4.69) is 187 Å². The molecule has 0 aromatic heterocycles. The molecule has 0 spiro atoms. The van der Waals surface area contributed by atoms with Gasteiger partial charge in [0.25, 0.3) is 23.7 Å². The normalized spacial score (nSPS) is 29.2. The summed E-state index contributed by atoms with van der Waals surface area (Å²) < 4.78 is 129. The molecule has 6 unspecified atom stereocenters. The van der Waals surface area contributed by atoms with Crippen LogP contribution in [0, 0.1) is 76.9 Å². The minimum absolute atomic E-state index is 0.0268. The van der Waals surface area contributed by atoms with Gasteiger partial charge in [0.15, 0.2) is 0 Å². The van der Waals surface area contributed by atoms with Gasteiger partial charge in [-0.3, -0.25) is 63.7 Å². The van der Waals surface area contributed by atoms with Crippen molar-refractivity contribution in [1.82, 2.24) is 68.6 Å². The zero-order chi connectivity index (χ0) is 96.4. The maximum Gasteiger partial charge on any atom is 0.275 e. The SMILES string of the molecule is CC(C)CC1(F)CN(C2CCN(C(C)C)CC2)C1.CC(C)CC1CCN(C2CCN(C(C)C)CC2(F)F)C1.CC(C)CC1CCN(C2CCN(C(C)C)CC2(F)F)C1.CC(C)CC1CCN(C2CN(C(C)C)C2)CC1.CC(C)CC1CCN(C2CN(C(C)C)C2)CC1.CC(C)CC1CCN(C2CN(C(C)C)C2)CC1(F)F.CC(C)CC1CCN(C2CN(C(C)C)C2)CC1(F)F. The molecular weight excluding hydrogens is 1650 g/mol. The Balaban J connectivity index is 0.000000187. The van der Waals surface area contributed by atoms with Crippen LogP contribution >= 0.6 is 0 Å². The predicted molar refractivity (Wildman–Crippen MR) is 531 cm³/mol. The van der Waals surface area contributed by atoms with Gasteiger partial charge in [-0.25, -0.2) is 39.5 Å². The lowest BCUT2D eigenvalue weighted by atomic mass is 9.84.